The Morgan fingerprint density at radius 3 is 2.55 bits per heavy atom. The lowest BCUT2D eigenvalue weighted by atomic mass is 10.2. The fourth-order valence-corrected chi connectivity index (χ4v) is 2.63. The first-order chi connectivity index (χ1) is 14.9. The maximum absolute atomic E-state index is 12.3. The van der Waals surface area contributed by atoms with E-state index in [0.29, 0.717) is 0 Å². The van der Waals surface area contributed by atoms with Crippen molar-refractivity contribution in [3.8, 4) is 0 Å². The molecule has 0 radical (unpaired) electrons. The van der Waals surface area contributed by atoms with E-state index >= 15 is 0 Å². The Balaban J connectivity index is 1.77. The van der Waals surface area contributed by atoms with E-state index in [0.717, 1.165) is 18.0 Å². The number of amides is 1. The van der Waals surface area contributed by atoms with Crippen LogP contribution in [0.1, 0.15) is 15.9 Å². The van der Waals surface area contributed by atoms with Crippen LogP contribution in [-0.2, 0) is 6.54 Å². The quantitative estimate of drug-likeness (QED) is 0.345. The topological polar surface area (TPSA) is 178 Å². The van der Waals surface area contributed by atoms with E-state index in [4.69, 9.17) is 11.6 Å². The Bertz CT molecular complexity index is 1140. The molecule has 0 saturated carbocycles. The minimum atomic E-state index is -0.794. The van der Waals surface area contributed by atoms with E-state index in [-0.39, 0.29) is 28.8 Å². The fraction of sp³-hybridized carbons (Fsp3) is 0.0588. The smallest absolute Gasteiger partial charge is 0.354 e. The van der Waals surface area contributed by atoms with Crippen molar-refractivity contribution in [1.82, 2.24) is 20.4 Å². The zero-order valence-electron chi connectivity index (χ0n) is 15.5. The molecule has 2 heterocycles. The molecule has 13 nitrogen and oxygen atoms in total. The average Bonchev–Trinajstić information content (AvgIpc) is 2.76. The molecule has 3 N–H and O–H groups in total. The van der Waals surface area contributed by atoms with Gasteiger partial charge in [0.1, 0.15) is 11.3 Å². The molecule has 31 heavy (non-hydrogen) atoms. The van der Waals surface area contributed by atoms with Crippen LogP contribution in [0.2, 0.25) is 5.02 Å². The number of aromatic nitrogens is 3. The molecule has 1 amide bonds. The van der Waals surface area contributed by atoms with Gasteiger partial charge in [0.15, 0.2) is 0 Å². The monoisotopic (exact) mass is 444 g/mol. The molecular weight excluding hydrogens is 432 g/mol. The number of carbonyl (C=O) groups is 1. The van der Waals surface area contributed by atoms with Gasteiger partial charge in [0.2, 0.25) is 11.6 Å². The van der Waals surface area contributed by atoms with Gasteiger partial charge in [0.05, 0.1) is 9.85 Å². The first-order valence-corrected chi connectivity index (χ1v) is 8.87. The molecule has 3 rings (SSSR count). The third kappa shape index (κ3) is 5.16. The van der Waals surface area contributed by atoms with Gasteiger partial charge in [-0.15, -0.1) is 0 Å². The number of hydrogen-bond acceptors (Lipinski definition) is 10. The standard InChI is InChI=1S/C17H13ClN8O5/c18-12-4-3-11(6-13(12)25(28)29)17(27)24-23-16-14(26(30)31)15(21-9-22-16)20-8-10-2-1-5-19-7-10/h1-7,9H,8H2,(H,24,27)(H2,20,21,22,23). The average molecular weight is 445 g/mol. The Hall–Kier alpha value is -4.39. The zero-order valence-corrected chi connectivity index (χ0v) is 16.2. The number of rotatable bonds is 8. The third-order valence-electron chi connectivity index (χ3n) is 3.89. The van der Waals surface area contributed by atoms with Crippen LogP contribution in [0.15, 0.2) is 49.1 Å². The van der Waals surface area contributed by atoms with E-state index in [2.05, 4.69) is 31.1 Å². The molecule has 0 atom stereocenters. The summed E-state index contributed by atoms with van der Waals surface area (Å²) >= 11 is 5.72. The van der Waals surface area contributed by atoms with E-state index in [1.54, 1.807) is 24.5 Å². The Labute approximate surface area is 178 Å². The molecule has 0 saturated heterocycles. The second-order valence-electron chi connectivity index (χ2n) is 5.89. The van der Waals surface area contributed by atoms with Crippen LogP contribution < -0.4 is 16.2 Å². The van der Waals surface area contributed by atoms with Gasteiger partial charge in [-0.05, 0) is 23.8 Å². The largest absolute Gasteiger partial charge is 0.360 e. The summed E-state index contributed by atoms with van der Waals surface area (Å²) in [6.45, 7) is 0.214. The third-order valence-corrected chi connectivity index (χ3v) is 4.21. The SMILES string of the molecule is O=C(NNc1ncnc(NCc2cccnc2)c1[N+](=O)[O-])c1ccc(Cl)c([N+](=O)[O-])c1. The highest BCUT2D eigenvalue weighted by Gasteiger charge is 2.24. The molecule has 2 aromatic heterocycles. The number of pyridine rings is 1. The summed E-state index contributed by atoms with van der Waals surface area (Å²) in [7, 11) is 0. The van der Waals surface area contributed by atoms with Crippen molar-refractivity contribution >= 4 is 40.5 Å². The van der Waals surface area contributed by atoms with Gasteiger partial charge in [-0.1, -0.05) is 17.7 Å². The lowest BCUT2D eigenvalue weighted by Gasteiger charge is -2.11. The molecule has 0 aliphatic heterocycles. The number of nitro benzene ring substituents is 1. The summed E-state index contributed by atoms with van der Waals surface area (Å²) in [6, 6.07) is 6.94. The van der Waals surface area contributed by atoms with Crippen molar-refractivity contribution in [1.29, 1.82) is 0 Å². The van der Waals surface area contributed by atoms with Gasteiger partial charge in [0, 0.05) is 30.6 Å². The minimum Gasteiger partial charge on any atom is -0.360 e. The molecule has 1 aromatic carbocycles. The Morgan fingerprint density at radius 2 is 1.87 bits per heavy atom. The highest BCUT2D eigenvalue weighted by molar-refractivity contribution is 6.32. The molecule has 0 aliphatic rings. The first kappa shape index (κ1) is 21.3. The molecule has 0 bridgehead atoms. The predicted octanol–water partition coefficient (Wildman–Crippen LogP) is 2.71. The van der Waals surface area contributed by atoms with Gasteiger partial charge in [-0.25, -0.2) is 9.97 Å². The molecule has 3 aromatic rings. The van der Waals surface area contributed by atoms with Crippen LogP contribution in [-0.4, -0.2) is 30.7 Å². The van der Waals surface area contributed by atoms with Crippen LogP contribution in [0.25, 0.3) is 0 Å². The number of hydrogen-bond donors (Lipinski definition) is 3. The normalized spacial score (nSPS) is 10.2. The molecule has 0 unspecified atom stereocenters. The maximum atomic E-state index is 12.3. The van der Waals surface area contributed by atoms with Crippen molar-refractivity contribution in [2.24, 2.45) is 0 Å². The van der Waals surface area contributed by atoms with Gasteiger partial charge < -0.3 is 5.32 Å². The molecular formula is C17H13ClN8O5. The molecule has 14 heteroatoms. The summed E-state index contributed by atoms with van der Waals surface area (Å²) in [5.41, 5.74) is 4.28. The Kier molecular flexibility index (Phi) is 6.47. The van der Waals surface area contributed by atoms with Crippen LogP contribution in [0.4, 0.5) is 23.0 Å². The summed E-state index contributed by atoms with van der Waals surface area (Å²) in [5.74, 6) is -1.16. The highest BCUT2D eigenvalue weighted by atomic mass is 35.5. The van der Waals surface area contributed by atoms with Crippen LogP contribution in [0.3, 0.4) is 0 Å². The number of nitrogens with zero attached hydrogens (tertiary/aromatic N) is 5. The molecule has 158 valence electrons. The van der Waals surface area contributed by atoms with E-state index in [1.807, 2.05) is 0 Å². The van der Waals surface area contributed by atoms with E-state index in [1.165, 1.54) is 12.1 Å². The van der Waals surface area contributed by atoms with E-state index < -0.39 is 27.1 Å². The van der Waals surface area contributed by atoms with Gasteiger partial charge in [-0.2, -0.15) is 0 Å². The number of nitro groups is 2. The summed E-state index contributed by atoms with van der Waals surface area (Å²) in [5, 5.41) is 25.2. The van der Waals surface area contributed by atoms with Gasteiger partial charge >= 0.3 is 5.69 Å². The Morgan fingerprint density at radius 1 is 1.10 bits per heavy atom. The van der Waals surface area contributed by atoms with Crippen molar-refractivity contribution in [3.05, 3.63) is 85.4 Å². The van der Waals surface area contributed by atoms with Crippen molar-refractivity contribution in [2.75, 3.05) is 10.7 Å². The second kappa shape index (κ2) is 9.41. The zero-order chi connectivity index (χ0) is 22.4. The van der Waals surface area contributed by atoms with Crippen molar-refractivity contribution in [2.45, 2.75) is 6.54 Å². The van der Waals surface area contributed by atoms with Gasteiger partial charge in [0.25, 0.3) is 11.6 Å². The fourth-order valence-electron chi connectivity index (χ4n) is 2.44. The summed E-state index contributed by atoms with van der Waals surface area (Å²) in [4.78, 5) is 45.0. The summed E-state index contributed by atoms with van der Waals surface area (Å²) < 4.78 is 0. The first-order valence-electron chi connectivity index (χ1n) is 8.49. The lowest BCUT2D eigenvalue weighted by Crippen LogP contribution is -2.30. The van der Waals surface area contributed by atoms with Crippen LogP contribution in [0.5, 0.6) is 0 Å². The molecule has 0 spiro atoms. The van der Waals surface area contributed by atoms with Crippen LogP contribution >= 0.6 is 11.6 Å². The number of halogens is 1. The number of carbonyl (C=O) groups excluding carboxylic acids is 1. The molecule has 0 aliphatic carbocycles. The number of benzene rings is 1. The van der Waals surface area contributed by atoms with Crippen LogP contribution in [0, 0.1) is 20.2 Å². The lowest BCUT2D eigenvalue weighted by molar-refractivity contribution is -0.384. The van der Waals surface area contributed by atoms with E-state index in [9.17, 15) is 25.0 Å². The number of hydrazine groups is 1. The molecule has 0 fully saturated rings. The number of nitrogens with one attached hydrogen (secondary N) is 3. The van der Waals surface area contributed by atoms with Gasteiger partial charge in [-0.3, -0.25) is 40.9 Å². The minimum absolute atomic E-state index is 0.0808. The number of anilines is 2. The van der Waals surface area contributed by atoms with Crippen molar-refractivity contribution < 1.29 is 14.6 Å². The summed E-state index contributed by atoms with van der Waals surface area (Å²) in [6.07, 6.45) is 4.25. The highest BCUT2D eigenvalue weighted by Crippen LogP contribution is 2.29. The second-order valence-corrected chi connectivity index (χ2v) is 6.30. The maximum Gasteiger partial charge on any atom is 0.354 e. The predicted molar refractivity (Wildman–Crippen MR) is 109 cm³/mol. The van der Waals surface area contributed by atoms with Crippen molar-refractivity contribution in [3.63, 3.8) is 0 Å².